The number of aliphatic hydroxyl groups is 1. The van der Waals surface area contributed by atoms with E-state index in [0.29, 0.717) is 16.3 Å². The van der Waals surface area contributed by atoms with Crippen LogP contribution in [0.25, 0.3) is 0 Å². The van der Waals surface area contributed by atoms with E-state index in [0.717, 1.165) is 0 Å². The van der Waals surface area contributed by atoms with Crippen LogP contribution >= 0.6 is 11.6 Å². The van der Waals surface area contributed by atoms with Gasteiger partial charge in [-0.25, -0.2) is 0 Å². The highest BCUT2D eigenvalue weighted by Crippen LogP contribution is 2.23. The first-order valence-corrected chi connectivity index (χ1v) is 5.60. The Morgan fingerprint density at radius 2 is 2.06 bits per heavy atom. The fourth-order valence-corrected chi connectivity index (χ4v) is 1.70. The normalized spacial score (nSPS) is 12.1. The Labute approximate surface area is 105 Å². The van der Waals surface area contributed by atoms with Gasteiger partial charge in [-0.05, 0) is 18.2 Å². The molecule has 0 bridgehead atoms. The minimum absolute atomic E-state index is 0.148. The Bertz CT molecular complexity index is 476. The maximum atomic E-state index is 9.93. The van der Waals surface area contributed by atoms with Crippen LogP contribution in [-0.4, -0.2) is 16.7 Å². The van der Waals surface area contributed by atoms with E-state index < -0.39 is 6.10 Å². The molecule has 2 rings (SSSR count). The van der Waals surface area contributed by atoms with Crippen LogP contribution < -0.4 is 4.74 Å². The van der Waals surface area contributed by atoms with Crippen LogP contribution in [0.1, 0.15) is 11.7 Å². The smallest absolute Gasteiger partial charge is 0.137 e. The molecule has 17 heavy (non-hydrogen) atoms. The molecule has 0 saturated carbocycles. The Kier molecular flexibility index (Phi) is 3.96. The molecule has 1 N–H and O–H groups in total. The van der Waals surface area contributed by atoms with E-state index in [1.807, 2.05) is 12.1 Å². The van der Waals surface area contributed by atoms with Crippen LogP contribution in [0.15, 0.2) is 48.8 Å². The van der Waals surface area contributed by atoms with Gasteiger partial charge in [0.25, 0.3) is 0 Å². The largest absolute Gasteiger partial charge is 0.489 e. The molecule has 0 aliphatic heterocycles. The van der Waals surface area contributed by atoms with Crippen molar-refractivity contribution in [1.29, 1.82) is 0 Å². The number of hydrogen-bond acceptors (Lipinski definition) is 3. The lowest BCUT2D eigenvalue weighted by Gasteiger charge is -2.13. The van der Waals surface area contributed by atoms with Crippen molar-refractivity contribution in [2.75, 3.05) is 6.61 Å². The van der Waals surface area contributed by atoms with Gasteiger partial charge >= 0.3 is 0 Å². The second kappa shape index (κ2) is 5.66. The molecule has 3 nitrogen and oxygen atoms in total. The summed E-state index contributed by atoms with van der Waals surface area (Å²) in [5, 5.41) is 10.5. The van der Waals surface area contributed by atoms with Crippen LogP contribution in [0.2, 0.25) is 5.02 Å². The van der Waals surface area contributed by atoms with Crippen molar-refractivity contribution in [2.24, 2.45) is 0 Å². The molecule has 1 unspecified atom stereocenters. The van der Waals surface area contributed by atoms with Crippen molar-refractivity contribution in [3.8, 4) is 5.75 Å². The summed E-state index contributed by atoms with van der Waals surface area (Å²) in [5.41, 5.74) is 0.665. The SMILES string of the molecule is OC(COc1cccnc1)c1ccccc1Cl. The summed E-state index contributed by atoms with van der Waals surface area (Å²) in [4.78, 5) is 3.92. The molecule has 1 aromatic heterocycles. The minimum atomic E-state index is -0.746. The van der Waals surface area contributed by atoms with E-state index >= 15 is 0 Å². The molecule has 0 spiro atoms. The zero-order valence-electron chi connectivity index (χ0n) is 9.08. The van der Waals surface area contributed by atoms with Crippen molar-refractivity contribution < 1.29 is 9.84 Å². The molecule has 1 aromatic carbocycles. The molecule has 0 aliphatic rings. The van der Waals surface area contributed by atoms with Crippen molar-refractivity contribution in [2.45, 2.75) is 6.10 Å². The minimum Gasteiger partial charge on any atom is -0.489 e. The number of benzene rings is 1. The third-order valence-corrected chi connectivity index (χ3v) is 2.65. The van der Waals surface area contributed by atoms with Crippen molar-refractivity contribution in [3.63, 3.8) is 0 Å². The predicted molar refractivity (Wildman–Crippen MR) is 66.1 cm³/mol. The van der Waals surface area contributed by atoms with Gasteiger partial charge < -0.3 is 9.84 Å². The number of halogens is 1. The number of aliphatic hydroxyl groups excluding tert-OH is 1. The Balaban J connectivity index is 1.99. The van der Waals surface area contributed by atoms with E-state index in [9.17, 15) is 5.11 Å². The number of pyridine rings is 1. The second-order valence-electron chi connectivity index (χ2n) is 3.54. The summed E-state index contributed by atoms with van der Waals surface area (Å²) >= 11 is 5.97. The van der Waals surface area contributed by atoms with Crippen molar-refractivity contribution in [3.05, 3.63) is 59.4 Å². The predicted octanol–water partition coefficient (Wildman–Crippen LogP) is 2.85. The highest BCUT2D eigenvalue weighted by atomic mass is 35.5. The Morgan fingerprint density at radius 1 is 1.24 bits per heavy atom. The molecule has 88 valence electrons. The summed E-state index contributed by atoms with van der Waals surface area (Å²) < 4.78 is 5.41. The van der Waals surface area contributed by atoms with Crippen LogP contribution in [0.5, 0.6) is 5.75 Å². The second-order valence-corrected chi connectivity index (χ2v) is 3.94. The average molecular weight is 250 g/mol. The van der Waals surface area contributed by atoms with Gasteiger partial charge in [-0.15, -0.1) is 0 Å². The van der Waals surface area contributed by atoms with E-state index in [1.165, 1.54) is 0 Å². The molecule has 0 amide bonds. The first-order chi connectivity index (χ1) is 8.27. The number of hydrogen-bond donors (Lipinski definition) is 1. The molecule has 0 radical (unpaired) electrons. The molecule has 1 atom stereocenters. The molecule has 0 saturated heterocycles. The third kappa shape index (κ3) is 3.19. The summed E-state index contributed by atoms with van der Waals surface area (Å²) in [6, 6.07) is 10.7. The summed E-state index contributed by atoms with van der Waals surface area (Å²) in [5.74, 6) is 0.624. The van der Waals surface area contributed by atoms with Crippen LogP contribution in [0.4, 0.5) is 0 Å². The summed E-state index contributed by atoms with van der Waals surface area (Å²) in [6.07, 6.45) is 2.51. The lowest BCUT2D eigenvalue weighted by Crippen LogP contribution is -2.10. The van der Waals surface area contributed by atoms with E-state index in [1.54, 1.807) is 36.7 Å². The lowest BCUT2D eigenvalue weighted by atomic mass is 10.1. The number of nitrogens with zero attached hydrogens (tertiary/aromatic N) is 1. The van der Waals surface area contributed by atoms with E-state index in [2.05, 4.69) is 4.98 Å². The summed E-state index contributed by atoms with van der Waals surface area (Å²) in [6.45, 7) is 0.148. The Hall–Kier alpha value is -1.58. The topological polar surface area (TPSA) is 42.4 Å². The zero-order chi connectivity index (χ0) is 12.1. The average Bonchev–Trinajstić information content (AvgIpc) is 2.38. The number of ether oxygens (including phenoxy) is 1. The fourth-order valence-electron chi connectivity index (χ4n) is 1.44. The Morgan fingerprint density at radius 3 is 2.76 bits per heavy atom. The van der Waals surface area contributed by atoms with Gasteiger partial charge in [-0.2, -0.15) is 0 Å². The van der Waals surface area contributed by atoms with Gasteiger partial charge in [0.05, 0.1) is 6.20 Å². The number of rotatable bonds is 4. The molecule has 4 heteroatoms. The van der Waals surface area contributed by atoms with Gasteiger partial charge in [-0.1, -0.05) is 29.8 Å². The van der Waals surface area contributed by atoms with Crippen molar-refractivity contribution in [1.82, 2.24) is 4.98 Å². The third-order valence-electron chi connectivity index (χ3n) is 2.31. The zero-order valence-corrected chi connectivity index (χ0v) is 9.84. The molecular formula is C13H12ClNO2. The monoisotopic (exact) mass is 249 g/mol. The molecule has 0 aliphatic carbocycles. The van der Waals surface area contributed by atoms with Gasteiger partial charge in [0.15, 0.2) is 0 Å². The van der Waals surface area contributed by atoms with Crippen LogP contribution in [0, 0.1) is 0 Å². The van der Waals surface area contributed by atoms with Gasteiger partial charge in [0.1, 0.15) is 18.5 Å². The molecule has 2 aromatic rings. The molecule has 1 heterocycles. The van der Waals surface area contributed by atoms with Gasteiger partial charge in [0.2, 0.25) is 0 Å². The number of aromatic nitrogens is 1. The molecular weight excluding hydrogens is 238 g/mol. The fraction of sp³-hybridized carbons (Fsp3) is 0.154. The summed E-state index contributed by atoms with van der Waals surface area (Å²) in [7, 11) is 0. The highest BCUT2D eigenvalue weighted by molar-refractivity contribution is 6.31. The van der Waals surface area contributed by atoms with Crippen LogP contribution in [-0.2, 0) is 0 Å². The van der Waals surface area contributed by atoms with Gasteiger partial charge in [0, 0.05) is 16.8 Å². The molecule has 0 fully saturated rings. The maximum Gasteiger partial charge on any atom is 0.137 e. The first-order valence-electron chi connectivity index (χ1n) is 5.22. The van der Waals surface area contributed by atoms with Crippen molar-refractivity contribution >= 4 is 11.6 Å². The maximum absolute atomic E-state index is 9.93. The standard InChI is InChI=1S/C13H12ClNO2/c14-12-6-2-1-5-11(12)13(16)9-17-10-4-3-7-15-8-10/h1-8,13,16H,9H2. The van der Waals surface area contributed by atoms with E-state index in [-0.39, 0.29) is 6.61 Å². The van der Waals surface area contributed by atoms with Gasteiger partial charge in [-0.3, -0.25) is 4.98 Å². The highest BCUT2D eigenvalue weighted by Gasteiger charge is 2.11. The lowest BCUT2D eigenvalue weighted by molar-refractivity contribution is 0.108. The van der Waals surface area contributed by atoms with Crippen LogP contribution in [0.3, 0.4) is 0 Å². The quantitative estimate of drug-likeness (QED) is 0.906. The first kappa shape index (κ1) is 11.9. The van der Waals surface area contributed by atoms with E-state index in [4.69, 9.17) is 16.3 Å².